The lowest BCUT2D eigenvalue weighted by Crippen LogP contribution is -2.33. The van der Waals surface area contributed by atoms with Crippen LogP contribution in [-0.4, -0.2) is 20.1 Å². The number of rotatable bonds is 1. The second-order valence-electron chi connectivity index (χ2n) is 4.37. The largest absolute Gasteiger partial charge is 0.497 e. The minimum absolute atomic E-state index is 0.130. The number of anilines is 1. The molecule has 0 radical (unpaired) electrons. The number of ether oxygens (including phenoxy) is 1. The summed E-state index contributed by atoms with van der Waals surface area (Å²) in [6.07, 6.45) is 0. The molecule has 1 amide bonds. The van der Waals surface area contributed by atoms with Crippen molar-refractivity contribution >= 4 is 11.6 Å². The van der Waals surface area contributed by atoms with Crippen LogP contribution in [0.2, 0.25) is 0 Å². The van der Waals surface area contributed by atoms with Gasteiger partial charge in [0, 0.05) is 12.7 Å². The maximum absolute atomic E-state index is 12.0. The molecule has 1 aliphatic rings. The molecule has 0 unspecified atom stereocenters. The van der Waals surface area contributed by atoms with E-state index in [4.69, 9.17) is 4.74 Å². The number of hydrogen-bond donors (Lipinski definition) is 0. The van der Waals surface area contributed by atoms with Crippen LogP contribution in [0.15, 0.2) is 18.2 Å². The van der Waals surface area contributed by atoms with Gasteiger partial charge in [-0.1, -0.05) is 0 Å². The summed E-state index contributed by atoms with van der Waals surface area (Å²) in [6, 6.07) is 5.75. The molecule has 3 heteroatoms. The highest BCUT2D eigenvalue weighted by Gasteiger charge is 2.42. The maximum Gasteiger partial charge on any atom is 0.236 e. The molecule has 0 spiro atoms. The van der Waals surface area contributed by atoms with E-state index in [1.165, 1.54) is 0 Å². The highest BCUT2D eigenvalue weighted by Crippen LogP contribution is 2.42. The molecule has 1 aromatic carbocycles. The summed E-state index contributed by atoms with van der Waals surface area (Å²) in [5, 5.41) is 0. The van der Waals surface area contributed by atoms with Crippen LogP contribution in [0.3, 0.4) is 0 Å². The fraction of sp³-hybridized carbons (Fsp3) is 0.417. The Morgan fingerprint density at radius 2 is 2.00 bits per heavy atom. The molecule has 1 aromatic rings. The molecule has 80 valence electrons. The quantitative estimate of drug-likeness (QED) is 0.701. The van der Waals surface area contributed by atoms with Crippen molar-refractivity contribution in [3.05, 3.63) is 23.8 Å². The number of carbonyl (C=O) groups is 1. The van der Waals surface area contributed by atoms with Gasteiger partial charge in [0.2, 0.25) is 5.91 Å². The molecule has 3 nitrogen and oxygen atoms in total. The van der Waals surface area contributed by atoms with E-state index >= 15 is 0 Å². The summed E-state index contributed by atoms with van der Waals surface area (Å²) >= 11 is 0. The molecule has 0 N–H and O–H groups in total. The monoisotopic (exact) mass is 205 g/mol. The number of amides is 1. The zero-order chi connectivity index (χ0) is 11.2. The van der Waals surface area contributed by atoms with E-state index in [1.807, 2.05) is 39.1 Å². The van der Waals surface area contributed by atoms with Gasteiger partial charge in [-0.2, -0.15) is 0 Å². The van der Waals surface area contributed by atoms with E-state index in [0.29, 0.717) is 0 Å². The Kier molecular flexibility index (Phi) is 2.00. The summed E-state index contributed by atoms with van der Waals surface area (Å²) in [5.74, 6) is 0.927. The third-order valence-corrected chi connectivity index (χ3v) is 3.08. The fourth-order valence-electron chi connectivity index (χ4n) is 2.08. The summed E-state index contributed by atoms with van der Waals surface area (Å²) in [7, 11) is 3.44. The van der Waals surface area contributed by atoms with Crippen molar-refractivity contribution in [1.29, 1.82) is 0 Å². The van der Waals surface area contributed by atoms with Crippen molar-refractivity contribution in [1.82, 2.24) is 0 Å². The van der Waals surface area contributed by atoms with Crippen LogP contribution < -0.4 is 9.64 Å². The Morgan fingerprint density at radius 3 is 2.60 bits per heavy atom. The van der Waals surface area contributed by atoms with Crippen molar-refractivity contribution in [2.75, 3.05) is 19.1 Å². The van der Waals surface area contributed by atoms with E-state index < -0.39 is 5.41 Å². The molecule has 0 aliphatic carbocycles. The second kappa shape index (κ2) is 2.99. The first-order valence-corrected chi connectivity index (χ1v) is 4.95. The maximum atomic E-state index is 12.0. The topological polar surface area (TPSA) is 29.5 Å². The van der Waals surface area contributed by atoms with E-state index in [9.17, 15) is 4.79 Å². The minimum atomic E-state index is -0.446. The zero-order valence-electron chi connectivity index (χ0n) is 9.50. The summed E-state index contributed by atoms with van der Waals surface area (Å²) in [5.41, 5.74) is 1.57. The number of nitrogens with zero attached hydrogens (tertiary/aromatic N) is 1. The summed E-state index contributed by atoms with van der Waals surface area (Å²) < 4.78 is 5.17. The molecule has 0 saturated heterocycles. The standard InChI is InChI=1S/C12H15NO2/c1-12(2)9-7-8(15-4)5-6-10(9)13(3)11(12)14/h5-7H,1-4H3. The van der Waals surface area contributed by atoms with E-state index in [0.717, 1.165) is 17.0 Å². The van der Waals surface area contributed by atoms with Gasteiger partial charge in [-0.05, 0) is 37.6 Å². The van der Waals surface area contributed by atoms with Gasteiger partial charge in [0.15, 0.2) is 0 Å². The van der Waals surface area contributed by atoms with Gasteiger partial charge in [0.1, 0.15) is 5.75 Å². The lowest BCUT2D eigenvalue weighted by molar-refractivity contribution is -0.121. The van der Waals surface area contributed by atoms with E-state index in [1.54, 1.807) is 12.0 Å². The van der Waals surface area contributed by atoms with Gasteiger partial charge < -0.3 is 9.64 Å². The van der Waals surface area contributed by atoms with Crippen molar-refractivity contribution < 1.29 is 9.53 Å². The first-order chi connectivity index (χ1) is 6.98. The van der Waals surface area contributed by atoms with Gasteiger partial charge >= 0.3 is 0 Å². The molecule has 2 rings (SSSR count). The normalized spacial score (nSPS) is 17.9. The van der Waals surface area contributed by atoms with E-state index in [2.05, 4.69) is 0 Å². The second-order valence-corrected chi connectivity index (χ2v) is 4.37. The van der Waals surface area contributed by atoms with Gasteiger partial charge in [-0.3, -0.25) is 4.79 Å². The Hall–Kier alpha value is -1.51. The molecule has 0 saturated carbocycles. The van der Waals surface area contributed by atoms with Crippen molar-refractivity contribution in [2.45, 2.75) is 19.3 Å². The SMILES string of the molecule is COc1ccc2c(c1)C(C)(C)C(=O)N2C. The van der Waals surface area contributed by atoms with Crippen LogP contribution in [0.4, 0.5) is 5.69 Å². The number of carbonyl (C=O) groups excluding carboxylic acids is 1. The van der Waals surface area contributed by atoms with Gasteiger partial charge in [0.25, 0.3) is 0 Å². The predicted octanol–water partition coefficient (Wildman–Crippen LogP) is 1.95. The van der Waals surface area contributed by atoms with Crippen LogP contribution in [0.25, 0.3) is 0 Å². The zero-order valence-corrected chi connectivity index (χ0v) is 9.50. The number of hydrogen-bond acceptors (Lipinski definition) is 2. The highest BCUT2D eigenvalue weighted by atomic mass is 16.5. The molecule has 0 aromatic heterocycles. The third kappa shape index (κ3) is 1.23. The molecule has 15 heavy (non-hydrogen) atoms. The van der Waals surface area contributed by atoms with Crippen molar-refractivity contribution in [3.8, 4) is 5.75 Å². The lowest BCUT2D eigenvalue weighted by atomic mass is 9.86. The van der Waals surface area contributed by atoms with Crippen molar-refractivity contribution in [3.63, 3.8) is 0 Å². The molecule has 1 aliphatic heterocycles. The number of fused-ring (bicyclic) bond motifs is 1. The first-order valence-electron chi connectivity index (χ1n) is 4.95. The Bertz CT molecular complexity index is 424. The summed E-state index contributed by atoms with van der Waals surface area (Å²) in [4.78, 5) is 13.7. The van der Waals surface area contributed by atoms with Crippen LogP contribution in [0.5, 0.6) is 5.75 Å². The molecular weight excluding hydrogens is 190 g/mol. The molecule has 0 atom stereocenters. The Labute approximate surface area is 89.7 Å². The van der Waals surface area contributed by atoms with Crippen molar-refractivity contribution in [2.24, 2.45) is 0 Å². The molecule has 0 bridgehead atoms. The Morgan fingerprint density at radius 1 is 1.33 bits per heavy atom. The highest BCUT2D eigenvalue weighted by molar-refractivity contribution is 6.07. The lowest BCUT2D eigenvalue weighted by Gasteiger charge is -2.16. The van der Waals surface area contributed by atoms with Gasteiger partial charge in [0.05, 0.1) is 12.5 Å². The smallest absolute Gasteiger partial charge is 0.236 e. The summed E-state index contributed by atoms with van der Waals surface area (Å²) in [6.45, 7) is 3.88. The van der Waals surface area contributed by atoms with Gasteiger partial charge in [-0.25, -0.2) is 0 Å². The first kappa shape index (κ1) is 10.0. The Balaban J connectivity index is 2.62. The third-order valence-electron chi connectivity index (χ3n) is 3.08. The predicted molar refractivity (Wildman–Crippen MR) is 59.4 cm³/mol. The van der Waals surface area contributed by atoms with Crippen LogP contribution in [0.1, 0.15) is 19.4 Å². The fourth-order valence-corrected chi connectivity index (χ4v) is 2.08. The molecule has 0 fully saturated rings. The van der Waals surface area contributed by atoms with Crippen LogP contribution in [0, 0.1) is 0 Å². The van der Waals surface area contributed by atoms with E-state index in [-0.39, 0.29) is 5.91 Å². The number of benzene rings is 1. The average Bonchev–Trinajstić information content (AvgIpc) is 2.40. The average molecular weight is 205 g/mol. The van der Waals surface area contributed by atoms with Crippen LogP contribution in [-0.2, 0) is 10.2 Å². The minimum Gasteiger partial charge on any atom is -0.497 e. The van der Waals surface area contributed by atoms with Gasteiger partial charge in [-0.15, -0.1) is 0 Å². The molecule has 1 heterocycles. The number of likely N-dealkylation sites (N-methyl/N-ethyl adjacent to an activating group) is 1. The number of methoxy groups -OCH3 is 1. The molecular formula is C12H15NO2. The van der Waals surface area contributed by atoms with Crippen LogP contribution >= 0.6 is 0 Å².